The fourth-order valence-electron chi connectivity index (χ4n) is 3.69. The highest BCUT2D eigenvalue weighted by atomic mass is 16.5. The van der Waals surface area contributed by atoms with E-state index in [0.29, 0.717) is 29.0 Å². The van der Waals surface area contributed by atoms with Gasteiger partial charge in [0.25, 0.3) is 5.91 Å². The molecule has 2 aliphatic rings. The maximum atomic E-state index is 13.1. The van der Waals surface area contributed by atoms with Crippen molar-refractivity contribution in [1.82, 2.24) is 4.90 Å². The van der Waals surface area contributed by atoms with Gasteiger partial charge in [-0.05, 0) is 30.2 Å². The number of benzene rings is 2. The fraction of sp³-hybridized carbons (Fsp3) is 0.263. The molecule has 1 atom stereocenters. The van der Waals surface area contributed by atoms with Crippen LogP contribution in [0.25, 0.3) is 0 Å². The van der Waals surface area contributed by atoms with Crippen molar-refractivity contribution >= 4 is 11.7 Å². The number of nitrogens with zero attached hydrogens (tertiary/aromatic N) is 1. The number of hydrogen-bond donors (Lipinski definition) is 1. The van der Waals surface area contributed by atoms with Gasteiger partial charge < -0.3 is 14.6 Å². The van der Waals surface area contributed by atoms with Crippen LogP contribution in [-0.4, -0.2) is 42.5 Å². The number of Topliss-reactive ketones (excluding diaryl/α,β-unsaturated/α-hetero) is 1. The summed E-state index contributed by atoms with van der Waals surface area (Å²) in [6, 6.07) is 9.90. The molecular formula is C19H17NO5. The van der Waals surface area contributed by atoms with Crippen LogP contribution < -0.4 is 9.47 Å². The average Bonchev–Trinajstić information content (AvgIpc) is 2.65. The van der Waals surface area contributed by atoms with Gasteiger partial charge in [0.05, 0.1) is 19.8 Å². The Hall–Kier alpha value is -2.86. The van der Waals surface area contributed by atoms with E-state index in [1.165, 1.54) is 19.1 Å². The van der Waals surface area contributed by atoms with Gasteiger partial charge in [0.15, 0.2) is 11.5 Å². The Morgan fingerprint density at radius 2 is 1.68 bits per heavy atom. The van der Waals surface area contributed by atoms with Crippen molar-refractivity contribution in [3.63, 3.8) is 0 Å². The minimum Gasteiger partial charge on any atom is -0.493 e. The van der Waals surface area contributed by atoms with Crippen molar-refractivity contribution in [2.24, 2.45) is 0 Å². The molecule has 25 heavy (non-hydrogen) atoms. The van der Waals surface area contributed by atoms with Crippen LogP contribution in [0.2, 0.25) is 0 Å². The number of rotatable bonds is 2. The maximum Gasteiger partial charge on any atom is 0.257 e. The Morgan fingerprint density at radius 1 is 1.04 bits per heavy atom. The predicted molar refractivity (Wildman–Crippen MR) is 89.0 cm³/mol. The Balaban J connectivity index is 1.97. The van der Waals surface area contributed by atoms with Crippen LogP contribution in [-0.2, 0) is 12.1 Å². The number of ether oxygens (including phenoxy) is 2. The average molecular weight is 339 g/mol. The molecule has 2 heterocycles. The largest absolute Gasteiger partial charge is 0.493 e. The van der Waals surface area contributed by atoms with Gasteiger partial charge in [-0.3, -0.25) is 14.5 Å². The lowest BCUT2D eigenvalue weighted by Crippen LogP contribution is -2.61. The number of fused-ring (bicyclic) bond motifs is 4. The number of hydrogen-bond acceptors (Lipinski definition) is 5. The molecule has 0 aromatic heterocycles. The number of amides is 1. The third kappa shape index (κ3) is 1.94. The maximum absolute atomic E-state index is 13.1. The molecule has 6 heteroatoms. The van der Waals surface area contributed by atoms with E-state index in [0.717, 1.165) is 5.56 Å². The summed E-state index contributed by atoms with van der Waals surface area (Å²) in [6.07, 6.45) is 0.513. The lowest BCUT2D eigenvalue weighted by Gasteiger charge is -2.46. The molecule has 2 aromatic carbocycles. The van der Waals surface area contributed by atoms with Gasteiger partial charge in [-0.15, -0.1) is 0 Å². The third-order valence-corrected chi connectivity index (χ3v) is 4.94. The van der Waals surface area contributed by atoms with Gasteiger partial charge in [-0.25, -0.2) is 0 Å². The highest BCUT2D eigenvalue weighted by Gasteiger charge is 2.54. The summed E-state index contributed by atoms with van der Waals surface area (Å²) >= 11 is 0. The minimum absolute atomic E-state index is 0.230. The number of aliphatic hydroxyl groups is 1. The quantitative estimate of drug-likeness (QED) is 0.902. The van der Waals surface area contributed by atoms with Crippen molar-refractivity contribution in [1.29, 1.82) is 0 Å². The zero-order chi connectivity index (χ0) is 17.8. The van der Waals surface area contributed by atoms with Crippen molar-refractivity contribution < 1.29 is 24.2 Å². The third-order valence-electron chi connectivity index (χ3n) is 4.94. The minimum atomic E-state index is -2.03. The van der Waals surface area contributed by atoms with Crippen molar-refractivity contribution in [2.45, 2.75) is 12.1 Å². The van der Waals surface area contributed by atoms with Gasteiger partial charge in [0, 0.05) is 17.7 Å². The van der Waals surface area contributed by atoms with E-state index in [1.807, 2.05) is 0 Å². The van der Waals surface area contributed by atoms with E-state index >= 15 is 0 Å². The van der Waals surface area contributed by atoms with Crippen LogP contribution >= 0.6 is 0 Å². The molecule has 6 nitrogen and oxygen atoms in total. The molecule has 0 saturated carbocycles. The van der Waals surface area contributed by atoms with Crippen molar-refractivity contribution in [3.05, 3.63) is 58.7 Å². The Bertz CT molecular complexity index is 907. The SMILES string of the molecule is COc1cc2c(cc1OC)C1(O)C(=O)c3ccccc3C(=O)N1CC2. The molecular weight excluding hydrogens is 322 g/mol. The first-order valence-corrected chi connectivity index (χ1v) is 7.96. The molecule has 1 N–H and O–H groups in total. The number of ketones is 1. The molecule has 0 fully saturated rings. The van der Waals surface area contributed by atoms with E-state index in [1.54, 1.807) is 36.4 Å². The van der Waals surface area contributed by atoms with Crippen LogP contribution in [0.5, 0.6) is 11.5 Å². The smallest absolute Gasteiger partial charge is 0.257 e. The van der Waals surface area contributed by atoms with E-state index in [2.05, 4.69) is 0 Å². The monoisotopic (exact) mass is 339 g/mol. The highest BCUT2D eigenvalue weighted by molar-refractivity contribution is 6.17. The molecule has 2 aromatic rings. The topological polar surface area (TPSA) is 76.1 Å². The second-order valence-corrected chi connectivity index (χ2v) is 6.12. The Kier molecular flexibility index (Phi) is 3.33. The molecule has 1 unspecified atom stereocenters. The summed E-state index contributed by atoms with van der Waals surface area (Å²) in [6.45, 7) is 0.248. The lowest BCUT2D eigenvalue weighted by molar-refractivity contribution is -0.0738. The summed E-state index contributed by atoms with van der Waals surface area (Å²) < 4.78 is 10.6. The standard InChI is InChI=1S/C19H17NO5/c1-24-15-9-11-7-8-20-18(22)13-6-4-3-5-12(13)17(21)19(20,23)14(11)10-16(15)25-2/h3-6,9-10,23H,7-8H2,1-2H3. The molecule has 128 valence electrons. The Labute approximate surface area is 144 Å². The predicted octanol–water partition coefficient (Wildman–Crippen LogP) is 1.74. The van der Waals surface area contributed by atoms with Crippen LogP contribution in [0.15, 0.2) is 36.4 Å². The summed E-state index contributed by atoms with van der Waals surface area (Å²) in [7, 11) is 3.01. The summed E-state index contributed by atoms with van der Waals surface area (Å²) in [4.78, 5) is 27.2. The lowest BCUT2D eigenvalue weighted by atomic mass is 9.79. The first-order valence-electron chi connectivity index (χ1n) is 7.96. The summed E-state index contributed by atoms with van der Waals surface area (Å²) in [5.41, 5.74) is -0.352. The highest BCUT2D eigenvalue weighted by Crippen LogP contribution is 2.44. The van der Waals surface area contributed by atoms with Gasteiger partial charge in [0.2, 0.25) is 11.5 Å². The van der Waals surface area contributed by atoms with E-state index in [4.69, 9.17) is 9.47 Å². The molecule has 0 aliphatic carbocycles. The van der Waals surface area contributed by atoms with Crippen LogP contribution in [0.4, 0.5) is 0 Å². The van der Waals surface area contributed by atoms with Crippen molar-refractivity contribution in [2.75, 3.05) is 20.8 Å². The van der Waals surface area contributed by atoms with Crippen LogP contribution in [0.1, 0.15) is 31.8 Å². The molecule has 0 radical (unpaired) electrons. The second-order valence-electron chi connectivity index (χ2n) is 6.12. The van der Waals surface area contributed by atoms with E-state index in [-0.39, 0.29) is 18.0 Å². The summed E-state index contributed by atoms with van der Waals surface area (Å²) in [5.74, 6) is 0.0675. The van der Waals surface area contributed by atoms with E-state index in [9.17, 15) is 14.7 Å². The Morgan fingerprint density at radius 3 is 2.36 bits per heavy atom. The first kappa shape index (κ1) is 15.7. The molecule has 0 saturated heterocycles. The van der Waals surface area contributed by atoms with Gasteiger partial charge in [-0.1, -0.05) is 18.2 Å². The molecule has 2 aliphatic heterocycles. The number of methoxy groups -OCH3 is 2. The molecule has 4 rings (SSSR count). The van der Waals surface area contributed by atoms with Crippen LogP contribution in [0, 0.1) is 0 Å². The van der Waals surface area contributed by atoms with Gasteiger partial charge >= 0.3 is 0 Å². The number of carbonyl (C=O) groups excluding carboxylic acids is 2. The van der Waals surface area contributed by atoms with Gasteiger partial charge in [0.1, 0.15) is 0 Å². The first-order chi connectivity index (χ1) is 12.0. The molecule has 1 amide bonds. The molecule has 0 bridgehead atoms. The van der Waals surface area contributed by atoms with Crippen LogP contribution in [0.3, 0.4) is 0 Å². The fourth-order valence-corrected chi connectivity index (χ4v) is 3.69. The molecule has 0 spiro atoms. The van der Waals surface area contributed by atoms with Gasteiger partial charge in [-0.2, -0.15) is 0 Å². The number of carbonyl (C=O) groups is 2. The van der Waals surface area contributed by atoms with E-state index < -0.39 is 11.5 Å². The van der Waals surface area contributed by atoms with Crippen molar-refractivity contribution in [3.8, 4) is 11.5 Å². The zero-order valence-electron chi connectivity index (χ0n) is 13.9. The second kappa shape index (κ2) is 5.32. The summed E-state index contributed by atoms with van der Waals surface area (Å²) in [5, 5.41) is 11.4. The normalized spacial score (nSPS) is 21.3. The zero-order valence-corrected chi connectivity index (χ0v) is 13.9.